The predicted octanol–water partition coefficient (Wildman–Crippen LogP) is 2.74. The third-order valence-electron chi connectivity index (χ3n) is 4.15. The summed E-state index contributed by atoms with van der Waals surface area (Å²) in [6, 6.07) is 5.63. The van der Waals surface area contributed by atoms with E-state index in [-0.39, 0.29) is 5.91 Å². The molecule has 0 spiro atoms. The van der Waals surface area contributed by atoms with Crippen molar-refractivity contribution in [2.75, 3.05) is 31.9 Å². The van der Waals surface area contributed by atoms with Gasteiger partial charge >= 0.3 is 0 Å². The fraction of sp³-hybridized carbons (Fsp3) is 0.533. The molecule has 1 N–H and O–H groups in total. The molecule has 5 heteroatoms. The lowest BCUT2D eigenvalue weighted by Gasteiger charge is -2.19. The lowest BCUT2D eigenvalue weighted by atomic mass is 10.0. The molecule has 2 saturated heterocycles. The van der Waals surface area contributed by atoms with E-state index < -0.39 is 0 Å². The topological polar surface area (TPSA) is 32.3 Å². The molecule has 0 saturated carbocycles. The molecule has 0 bridgehead atoms. The van der Waals surface area contributed by atoms with Crippen LogP contribution >= 0.6 is 23.4 Å². The Morgan fingerprint density at radius 1 is 1.40 bits per heavy atom. The van der Waals surface area contributed by atoms with Gasteiger partial charge in [0.2, 0.25) is 0 Å². The van der Waals surface area contributed by atoms with Gasteiger partial charge in [0.1, 0.15) is 0 Å². The SMILES string of the molecule is CCSc1ccc(Cl)cc1C(=O)N1C[C@H]2CNC[C@H]2C1. The van der Waals surface area contributed by atoms with Crippen LogP contribution in [0.1, 0.15) is 17.3 Å². The van der Waals surface area contributed by atoms with Gasteiger partial charge in [-0.3, -0.25) is 4.79 Å². The highest BCUT2D eigenvalue weighted by Gasteiger charge is 2.38. The van der Waals surface area contributed by atoms with Crippen molar-refractivity contribution in [1.29, 1.82) is 0 Å². The summed E-state index contributed by atoms with van der Waals surface area (Å²) in [5.74, 6) is 2.34. The van der Waals surface area contributed by atoms with Crippen LogP contribution in [0, 0.1) is 11.8 Å². The van der Waals surface area contributed by atoms with Crippen LogP contribution < -0.4 is 5.32 Å². The number of fused-ring (bicyclic) bond motifs is 1. The van der Waals surface area contributed by atoms with Crippen LogP contribution in [0.5, 0.6) is 0 Å². The maximum absolute atomic E-state index is 12.8. The molecule has 3 rings (SSSR count). The summed E-state index contributed by atoms with van der Waals surface area (Å²) < 4.78 is 0. The quantitative estimate of drug-likeness (QED) is 0.871. The van der Waals surface area contributed by atoms with Crippen LogP contribution in [0.2, 0.25) is 5.02 Å². The first kappa shape index (κ1) is 14.2. The second kappa shape index (κ2) is 5.96. The van der Waals surface area contributed by atoms with Crippen molar-refractivity contribution in [1.82, 2.24) is 10.2 Å². The number of carbonyl (C=O) groups excluding carboxylic acids is 1. The van der Waals surface area contributed by atoms with E-state index in [4.69, 9.17) is 11.6 Å². The molecule has 1 aromatic carbocycles. The van der Waals surface area contributed by atoms with Gasteiger partial charge in [-0.15, -0.1) is 11.8 Å². The van der Waals surface area contributed by atoms with Gasteiger partial charge in [0, 0.05) is 36.1 Å². The molecule has 0 aliphatic carbocycles. The van der Waals surface area contributed by atoms with Gasteiger partial charge in [-0.25, -0.2) is 0 Å². The Morgan fingerprint density at radius 2 is 2.10 bits per heavy atom. The van der Waals surface area contributed by atoms with Gasteiger partial charge in [0.05, 0.1) is 5.56 Å². The summed E-state index contributed by atoms with van der Waals surface area (Å²) in [6.07, 6.45) is 0. The minimum Gasteiger partial charge on any atom is -0.338 e. The molecule has 20 heavy (non-hydrogen) atoms. The van der Waals surface area contributed by atoms with Crippen LogP contribution in [0.3, 0.4) is 0 Å². The highest BCUT2D eigenvalue weighted by Crippen LogP contribution is 2.31. The molecule has 1 amide bonds. The van der Waals surface area contributed by atoms with E-state index in [0.29, 0.717) is 16.9 Å². The zero-order chi connectivity index (χ0) is 14.1. The van der Waals surface area contributed by atoms with Crippen LogP contribution in [0.4, 0.5) is 0 Å². The second-order valence-corrected chi connectivity index (χ2v) is 7.20. The number of nitrogens with one attached hydrogen (secondary N) is 1. The molecule has 108 valence electrons. The Labute approximate surface area is 129 Å². The number of rotatable bonds is 3. The Kier molecular flexibility index (Phi) is 4.24. The van der Waals surface area contributed by atoms with E-state index in [1.165, 1.54) is 0 Å². The number of amides is 1. The number of carbonyl (C=O) groups is 1. The van der Waals surface area contributed by atoms with E-state index in [1.807, 2.05) is 23.1 Å². The number of hydrogen-bond donors (Lipinski definition) is 1. The second-order valence-electron chi connectivity index (χ2n) is 5.46. The monoisotopic (exact) mass is 310 g/mol. The van der Waals surface area contributed by atoms with Crippen LogP contribution in [0.15, 0.2) is 23.1 Å². The molecule has 2 aliphatic rings. The first-order valence-electron chi connectivity index (χ1n) is 7.11. The molecule has 3 nitrogen and oxygen atoms in total. The number of benzene rings is 1. The Balaban J connectivity index is 1.81. The summed E-state index contributed by atoms with van der Waals surface area (Å²) in [7, 11) is 0. The van der Waals surface area contributed by atoms with E-state index in [1.54, 1.807) is 11.8 Å². The summed E-state index contributed by atoms with van der Waals surface area (Å²) in [5.41, 5.74) is 0.761. The standard InChI is InChI=1S/C15H19ClN2OS/c1-2-20-14-4-3-12(16)5-13(14)15(19)18-8-10-6-17-7-11(10)9-18/h3-5,10-11,17H,2,6-9H2,1H3/t10-,11+. The largest absolute Gasteiger partial charge is 0.338 e. The average molecular weight is 311 g/mol. The van der Waals surface area contributed by atoms with E-state index in [2.05, 4.69) is 12.2 Å². The van der Waals surface area contributed by atoms with Crippen molar-refractivity contribution in [3.63, 3.8) is 0 Å². The zero-order valence-electron chi connectivity index (χ0n) is 11.6. The smallest absolute Gasteiger partial charge is 0.255 e. The predicted molar refractivity (Wildman–Crippen MR) is 83.6 cm³/mol. The molecule has 0 radical (unpaired) electrons. The normalized spacial score (nSPS) is 25.0. The minimum absolute atomic E-state index is 0.137. The Hall–Kier alpha value is -0.710. The molecule has 1 aromatic rings. The van der Waals surface area contributed by atoms with Gasteiger partial charge in [-0.2, -0.15) is 0 Å². The van der Waals surface area contributed by atoms with Gasteiger partial charge in [0.15, 0.2) is 0 Å². The number of halogens is 1. The molecule has 0 aromatic heterocycles. The van der Waals surface area contributed by atoms with Gasteiger partial charge in [-0.05, 0) is 35.8 Å². The van der Waals surface area contributed by atoms with Gasteiger partial charge < -0.3 is 10.2 Å². The highest BCUT2D eigenvalue weighted by atomic mass is 35.5. The summed E-state index contributed by atoms with van der Waals surface area (Å²) in [5, 5.41) is 4.04. The number of likely N-dealkylation sites (tertiary alicyclic amines) is 1. The molecule has 0 unspecified atom stereocenters. The molecule has 2 atom stereocenters. The van der Waals surface area contributed by atoms with Crippen molar-refractivity contribution in [3.05, 3.63) is 28.8 Å². The summed E-state index contributed by atoms with van der Waals surface area (Å²) in [6.45, 7) is 5.93. The van der Waals surface area contributed by atoms with Crippen molar-refractivity contribution < 1.29 is 4.79 Å². The van der Waals surface area contributed by atoms with E-state index in [9.17, 15) is 4.79 Å². The number of nitrogens with zero attached hydrogens (tertiary/aromatic N) is 1. The van der Waals surface area contributed by atoms with Crippen molar-refractivity contribution in [3.8, 4) is 0 Å². The van der Waals surface area contributed by atoms with E-state index in [0.717, 1.165) is 42.4 Å². The Bertz CT molecular complexity index is 511. The molecule has 2 heterocycles. The fourth-order valence-corrected chi connectivity index (χ4v) is 4.09. The van der Waals surface area contributed by atoms with Crippen LogP contribution in [-0.4, -0.2) is 42.7 Å². The summed E-state index contributed by atoms with van der Waals surface area (Å²) in [4.78, 5) is 15.8. The third kappa shape index (κ3) is 2.69. The van der Waals surface area contributed by atoms with Crippen molar-refractivity contribution in [2.24, 2.45) is 11.8 Å². The first-order chi connectivity index (χ1) is 9.69. The van der Waals surface area contributed by atoms with Crippen LogP contribution in [0.25, 0.3) is 0 Å². The Morgan fingerprint density at radius 3 is 2.75 bits per heavy atom. The number of thioether (sulfide) groups is 1. The lowest BCUT2D eigenvalue weighted by Crippen LogP contribution is -2.32. The lowest BCUT2D eigenvalue weighted by molar-refractivity contribution is 0.0778. The zero-order valence-corrected chi connectivity index (χ0v) is 13.1. The van der Waals surface area contributed by atoms with Crippen molar-refractivity contribution >= 4 is 29.3 Å². The number of hydrogen-bond acceptors (Lipinski definition) is 3. The third-order valence-corrected chi connectivity index (χ3v) is 5.34. The maximum Gasteiger partial charge on any atom is 0.255 e. The van der Waals surface area contributed by atoms with Gasteiger partial charge in [0.25, 0.3) is 5.91 Å². The van der Waals surface area contributed by atoms with Crippen LogP contribution in [-0.2, 0) is 0 Å². The average Bonchev–Trinajstić information content (AvgIpc) is 3.01. The molecule has 2 aliphatic heterocycles. The fourth-order valence-electron chi connectivity index (χ4n) is 3.14. The van der Waals surface area contributed by atoms with Crippen molar-refractivity contribution in [2.45, 2.75) is 11.8 Å². The molecular weight excluding hydrogens is 292 g/mol. The molecular formula is C15H19ClN2OS. The first-order valence-corrected chi connectivity index (χ1v) is 8.47. The van der Waals surface area contributed by atoms with Gasteiger partial charge in [-0.1, -0.05) is 18.5 Å². The van der Waals surface area contributed by atoms with E-state index >= 15 is 0 Å². The summed E-state index contributed by atoms with van der Waals surface area (Å²) >= 11 is 7.77. The maximum atomic E-state index is 12.8. The molecule has 2 fully saturated rings. The highest BCUT2D eigenvalue weighted by molar-refractivity contribution is 7.99. The minimum atomic E-state index is 0.137.